The van der Waals surface area contributed by atoms with E-state index in [0.717, 1.165) is 10.0 Å². The fraction of sp³-hybridized carbons (Fsp3) is 0.364. The molecule has 0 radical (unpaired) electrons. The Hall–Kier alpha value is -2.38. The number of amides is 2. The third kappa shape index (κ3) is 4.79. The van der Waals surface area contributed by atoms with Gasteiger partial charge in [0.05, 0.1) is 12.0 Å². The summed E-state index contributed by atoms with van der Waals surface area (Å²) in [5, 5.41) is 3.05. The van der Waals surface area contributed by atoms with Crippen LogP contribution in [0.15, 0.2) is 53.0 Å². The van der Waals surface area contributed by atoms with E-state index < -0.39 is 11.5 Å². The number of rotatable bonds is 5. The lowest BCUT2D eigenvalue weighted by molar-refractivity contribution is -0.125. The molecule has 29 heavy (non-hydrogen) atoms. The van der Waals surface area contributed by atoms with Gasteiger partial charge >= 0.3 is 6.09 Å². The SMILES string of the molecule is CCOC(=O)N(C)c1ccc(NC(=O)C2(c3ccc(Br)cc3)CCOCC2)cc1. The molecular formula is C22H25BrN2O4. The Bertz CT molecular complexity index is 846. The number of carbonyl (C=O) groups excluding carboxylic acids is 2. The largest absolute Gasteiger partial charge is 0.449 e. The number of hydrogen-bond donors (Lipinski definition) is 1. The van der Waals surface area contributed by atoms with Crippen LogP contribution in [0.5, 0.6) is 0 Å². The van der Waals surface area contributed by atoms with Crippen LogP contribution in [0.25, 0.3) is 0 Å². The maximum Gasteiger partial charge on any atom is 0.413 e. The van der Waals surface area contributed by atoms with Crippen LogP contribution in [0, 0.1) is 0 Å². The Morgan fingerprint density at radius 2 is 1.72 bits per heavy atom. The monoisotopic (exact) mass is 460 g/mol. The minimum Gasteiger partial charge on any atom is -0.449 e. The third-order valence-corrected chi connectivity index (χ3v) is 5.76. The van der Waals surface area contributed by atoms with Gasteiger partial charge in [-0.15, -0.1) is 0 Å². The van der Waals surface area contributed by atoms with E-state index in [9.17, 15) is 9.59 Å². The summed E-state index contributed by atoms with van der Waals surface area (Å²) >= 11 is 3.45. The van der Waals surface area contributed by atoms with Crippen molar-refractivity contribution in [2.24, 2.45) is 0 Å². The number of halogens is 1. The van der Waals surface area contributed by atoms with Gasteiger partial charge in [0.2, 0.25) is 5.91 Å². The van der Waals surface area contributed by atoms with Crippen LogP contribution in [-0.4, -0.2) is 38.9 Å². The van der Waals surface area contributed by atoms with Crippen LogP contribution >= 0.6 is 15.9 Å². The van der Waals surface area contributed by atoms with E-state index >= 15 is 0 Å². The van der Waals surface area contributed by atoms with Crippen molar-refractivity contribution in [3.05, 3.63) is 58.6 Å². The lowest BCUT2D eigenvalue weighted by Crippen LogP contribution is -2.44. The molecule has 2 aromatic carbocycles. The van der Waals surface area contributed by atoms with Gasteiger partial charge in [0, 0.05) is 36.1 Å². The molecule has 0 spiro atoms. The molecule has 1 saturated heterocycles. The molecule has 1 aliphatic heterocycles. The molecule has 0 bridgehead atoms. The summed E-state index contributed by atoms with van der Waals surface area (Å²) in [5.74, 6) is -0.0466. The predicted molar refractivity (Wildman–Crippen MR) is 116 cm³/mol. The number of nitrogens with zero attached hydrogens (tertiary/aromatic N) is 1. The van der Waals surface area contributed by atoms with E-state index in [1.165, 1.54) is 4.90 Å². The molecule has 3 rings (SSSR count). The van der Waals surface area contributed by atoms with Crippen molar-refractivity contribution in [1.82, 2.24) is 0 Å². The topological polar surface area (TPSA) is 67.9 Å². The number of carbonyl (C=O) groups is 2. The van der Waals surface area contributed by atoms with Crippen molar-refractivity contribution in [3.63, 3.8) is 0 Å². The molecule has 7 heteroatoms. The fourth-order valence-electron chi connectivity index (χ4n) is 3.48. The van der Waals surface area contributed by atoms with Gasteiger partial charge < -0.3 is 14.8 Å². The van der Waals surface area contributed by atoms with Gasteiger partial charge in [0.25, 0.3) is 0 Å². The fourth-order valence-corrected chi connectivity index (χ4v) is 3.74. The van der Waals surface area contributed by atoms with E-state index in [0.29, 0.717) is 44.0 Å². The Balaban J connectivity index is 1.78. The summed E-state index contributed by atoms with van der Waals surface area (Å²) in [6.07, 6.45) is 0.842. The van der Waals surface area contributed by atoms with Crippen LogP contribution < -0.4 is 10.2 Å². The average molecular weight is 461 g/mol. The van der Waals surface area contributed by atoms with Gasteiger partial charge in [-0.25, -0.2) is 4.79 Å². The molecular weight excluding hydrogens is 436 g/mol. The zero-order chi connectivity index (χ0) is 20.9. The summed E-state index contributed by atoms with van der Waals surface area (Å²) in [6, 6.07) is 15.0. The van der Waals surface area contributed by atoms with Crippen molar-refractivity contribution in [2.45, 2.75) is 25.2 Å². The summed E-state index contributed by atoms with van der Waals surface area (Å²) in [4.78, 5) is 26.6. The number of nitrogens with one attached hydrogen (secondary N) is 1. The summed E-state index contributed by atoms with van der Waals surface area (Å²) in [5.41, 5.74) is 1.73. The summed E-state index contributed by atoms with van der Waals surface area (Å²) in [6.45, 7) is 3.18. The Morgan fingerprint density at radius 3 is 2.31 bits per heavy atom. The maximum absolute atomic E-state index is 13.3. The molecule has 0 aliphatic carbocycles. The highest BCUT2D eigenvalue weighted by Gasteiger charge is 2.41. The van der Waals surface area contributed by atoms with Gasteiger partial charge in [-0.05, 0) is 61.7 Å². The third-order valence-electron chi connectivity index (χ3n) is 5.23. The van der Waals surface area contributed by atoms with Gasteiger partial charge in [0.1, 0.15) is 0 Å². The molecule has 0 unspecified atom stereocenters. The van der Waals surface area contributed by atoms with Crippen molar-refractivity contribution in [1.29, 1.82) is 0 Å². The summed E-state index contributed by atoms with van der Waals surface area (Å²) in [7, 11) is 1.65. The lowest BCUT2D eigenvalue weighted by Gasteiger charge is -2.36. The molecule has 1 heterocycles. The maximum atomic E-state index is 13.3. The van der Waals surface area contributed by atoms with E-state index in [4.69, 9.17) is 9.47 Å². The molecule has 2 aromatic rings. The van der Waals surface area contributed by atoms with Crippen molar-refractivity contribution in [2.75, 3.05) is 37.1 Å². The van der Waals surface area contributed by atoms with Crippen LogP contribution in [0.3, 0.4) is 0 Å². The minimum absolute atomic E-state index is 0.0466. The van der Waals surface area contributed by atoms with E-state index in [1.807, 2.05) is 24.3 Å². The van der Waals surface area contributed by atoms with Gasteiger partial charge in [-0.2, -0.15) is 0 Å². The molecule has 0 saturated carbocycles. The molecule has 0 atom stereocenters. The molecule has 0 aromatic heterocycles. The van der Waals surface area contributed by atoms with Gasteiger partial charge in [0.15, 0.2) is 0 Å². The normalized spacial score (nSPS) is 15.4. The first kappa shape index (κ1) is 21.3. The van der Waals surface area contributed by atoms with E-state index in [1.54, 1.807) is 38.2 Å². The number of benzene rings is 2. The van der Waals surface area contributed by atoms with Crippen molar-refractivity contribution >= 4 is 39.3 Å². The van der Waals surface area contributed by atoms with E-state index in [-0.39, 0.29) is 5.91 Å². The summed E-state index contributed by atoms with van der Waals surface area (Å²) < 4.78 is 11.5. The quantitative estimate of drug-likeness (QED) is 0.699. The second-order valence-corrected chi connectivity index (χ2v) is 7.88. The highest BCUT2D eigenvalue weighted by Crippen LogP contribution is 2.37. The van der Waals surface area contributed by atoms with Crippen LogP contribution in [-0.2, 0) is 19.7 Å². The Kier molecular flexibility index (Phi) is 6.92. The minimum atomic E-state index is -0.626. The molecule has 1 aliphatic rings. The molecule has 154 valence electrons. The van der Waals surface area contributed by atoms with Crippen LogP contribution in [0.4, 0.5) is 16.2 Å². The highest BCUT2D eigenvalue weighted by atomic mass is 79.9. The lowest BCUT2D eigenvalue weighted by atomic mass is 9.73. The first-order valence-corrected chi connectivity index (χ1v) is 10.4. The van der Waals surface area contributed by atoms with E-state index in [2.05, 4.69) is 21.2 Å². The van der Waals surface area contributed by atoms with Gasteiger partial charge in [-0.1, -0.05) is 28.1 Å². The second-order valence-electron chi connectivity index (χ2n) is 6.96. The van der Waals surface area contributed by atoms with Gasteiger partial charge in [-0.3, -0.25) is 9.69 Å². The Labute approximate surface area is 179 Å². The number of hydrogen-bond acceptors (Lipinski definition) is 4. The van der Waals surface area contributed by atoms with Crippen LogP contribution in [0.2, 0.25) is 0 Å². The molecule has 1 fully saturated rings. The first-order chi connectivity index (χ1) is 14.0. The standard InChI is InChI=1S/C22H25BrN2O4/c1-3-29-21(27)25(2)19-10-8-18(9-11-19)24-20(26)22(12-14-28-15-13-22)16-4-6-17(23)7-5-16/h4-11H,3,12-15H2,1-2H3,(H,24,26). The van der Waals surface area contributed by atoms with Crippen molar-refractivity contribution in [3.8, 4) is 0 Å². The zero-order valence-electron chi connectivity index (χ0n) is 16.6. The number of anilines is 2. The highest BCUT2D eigenvalue weighted by molar-refractivity contribution is 9.10. The Morgan fingerprint density at radius 1 is 1.10 bits per heavy atom. The van der Waals surface area contributed by atoms with Crippen LogP contribution in [0.1, 0.15) is 25.3 Å². The zero-order valence-corrected chi connectivity index (χ0v) is 18.2. The second kappa shape index (κ2) is 9.41. The predicted octanol–water partition coefficient (Wildman–Crippen LogP) is 4.73. The molecule has 1 N–H and O–H groups in total. The average Bonchev–Trinajstić information content (AvgIpc) is 2.75. The first-order valence-electron chi connectivity index (χ1n) is 9.62. The number of ether oxygens (including phenoxy) is 2. The van der Waals surface area contributed by atoms with Crippen molar-refractivity contribution < 1.29 is 19.1 Å². The molecule has 2 amide bonds. The molecule has 6 nitrogen and oxygen atoms in total. The smallest absolute Gasteiger partial charge is 0.413 e.